The molecule has 4 nitrogen and oxygen atoms in total. The predicted molar refractivity (Wildman–Crippen MR) is 82.8 cm³/mol. The number of anilines is 1. The number of carboxylic acid groups (broad SMARTS) is 1. The Hall–Kier alpha value is -2.33. The second kappa shape index (κ2) is 5.97. The summed E-state index contributed by atoms with van der Waals surface area (Å²) in [6.07, 6.45) is 0. The van der Waals surface area contributed by atoms with Crippen LogP contribution in [-0.4, -0.2) is 30.7 Å². The number of rotatable bonds is 3. The van der Waals surface area contributed by atoms with Crippen LogP contribution in [0.15, 0.2) is 54.6 Å². The summed E-state index contributed by atoms with van der Waals surface area (Å²) in [5.41, 5.74) is 2.35. The molecular weight excluding hydrogens is 264 g/mol. The molecule has 1 fully saturated rings. The van der Waals surface area contributed by atoms with E-state index in [0.717, 1.165) is 25.3 Å². The van der Waals surface area contributed by atoms with Gasteiger partial charge >= 0.3 is 5.97 Å². The van der Waals surface area contributed by atoms with Gasteiger partial charge in [0.2, 0.25) is 0 Å². The van der Waals surface area contributed by atoms with Gasteiger partial charge in [-0.05, 0) is 17.7 Å². The summed E-state index contributed by atoms with van der Waals surface area (Å²) in [5, 5.41) is 12.8. The summed E-state index contributed by atoms with van der Waals surface area (Å²) in [6, 6.07) is 17.6. The van der Waals surface area contributed by atoms with Crippen molar-refractivity contribution in [2.24, 2.45) is 0 Å². The number of hydrogen-bond acceptors (Lipinski definition) is 3. The quantitative estimate of drug-likeness (QED) is 0.908. The molecule has 0 saturated carbocycles. The number of nitrogens with one attached hydrogen (secondary N) is 1. The summed E-state index contributed by atoms with van der Waals surface area (Å²) in [7, 11) is 0. The fourth-order valence-electron chi connectivity index (χ4n) is 2.87. The Morgan fingerprint density at radius 1 is 1.10 bits per heavy atom. The standard InChI is InChI=1S/C17H18N2O2/c20-17(21)14-8-4-5-9-15(14)19-11-10-18-12-16(19)13-6-2-1-3-7-13/h1-9,16,18H,10-12H2,(H,20,21). The zero-order valence-electron chi connectivity index (χ0n) is 11.7. The molecule has 1 heterocycles. The van der Waals surface area contributed by atoms with Crippen LogP contribution in [0.3, 0.4) is 0 Å². The molecule has 0 spiro atoms. The highest BCUT2D eigenvalue weighted by molar-refractivity contribution is 5.94. The topological polar surface area (TPSA) is 52.6 Å². The number of hydrogen-bond donors (Lipinski definition) is 2. The van der Waals surface area contributed by atoms with Crippen LogP contribution in [0.25, 0.3) is 0 Å². The number of nitrogens with zero attached hydrogens (tertiary/aromatic N) is 1. The second-order valence-corrected chi connectivity index (χ2v) is 5.15. The van der Waals surface area contributed by atoms with E-state index in [2.05, 4.69) is 22.3 Å². The molecule has 2 aromatic carbocycles. The van der Waals surface area contributed by atoms with Crippen molar-refractivity contribution in [2.75, 3.05) is 24.5 Å². The molecule has 0 bridgehead atoms. The van der Waals surface area contributed by atoms with E-state index in [1.54, 1.807) is 12.1 Å². The van der Waals surface area contributed by atoms with Crippen molar-refractivity contribution in [1.29, 1.82) is 0 Å². The molecule has 2 aromatic rings. The van der Waals surface area contributed by atoms with E-state index in [-0.39, 0.29) is 6.04 Å². The molecule has 1 atom stereocenters. The van der Waals surface area contributed by atoms with Crippen molar-refractivity contribution < 1.29 is 9.90 Å². The van der Waals surface area contributed by atoms with Crippen molar-refractivity contribution >= 4 is 11.7 Å². The maximum atomic E-state index is 11.5. The molecular formula is C17H18N2O2. The Morgan fingerprint density at radius 2 is 1.81 bits per heavy atom. The normalized spacial score (nSPS) is 18.5. The van der Waals surface area contributed by atoms with Crippen LogP contribution in [-0.2, 0) is 0 Å². The van der Waals surface area contributed by atoms with Crippen molar-refractivity contribution in [3.63, 3.8) is 0 Å². The van der Waals surface area contributed by atoms with Gasteiger partial charge in [0.1, 0.15) is 0 Å². The Morgan fingerprint density at radius 3 is 2.57 bits per heavy atom. The predicted octanol–water partition coefficient (Wildman–Crippen LogP) is 2.54. The number of aromatic carboxylic acids is 1. The smallest absolute Gasteiger partial charge is 0.337 e. The van der Waals surface area contributed by atoms with Crippen molar-refractivity contribution in [2.45, 2.75) is 6.04 Å². The summed E-state index contributed by atoms with van der Waals surface area (Å²) in [4.78, 5) is 13.7. The molecule has 0 radical (unpaired) electrons. The van der Waals surface area contributed by atoms with Gasteiger partial charge in [-0.15, -0.1) is 0 Å². The summed E-state index contributed by atoms with van der Waals surface area (Å²) < 4.78 is 0. The molecule has 4 heteroatoms. The number of carbonyl (C=O) groups is 1. The molecule has 0 amide bonds. The van der Waals surface area contributed by atoms with E-state index >= 15 is 0 Å². The molecule has 108 valence electrons. The maximum Gasteiger partial charge on any atom is 0.337 e. The summed E-state index contributed by atoms with van der Waals surface area (Å²) >= 11 is 0. The van der Waals surface area contributed by atoms with E-state index in [4.69, 9.17) is 0 Å². The lowest BCUT2D eigenvalue weighted by atomic mass is 10.0. The van der Waals surface area contributed by atoms with Crippen molar-refractivity contribution in [1.82, 2.24) is 5.32 Å². The van der Waals surface area contributed by atoms with Gasteiger partial charge in [0.25, 0.3) is 0 Å². The first-order chi connectivity index (χ1) is 10.3. The average molecular weight is 282 g/mol. The molecule has 2 N–H and O–H groups in total. The first kappa shape index (κ1) is 13.6. The lowest BCUT2D eigenvalue weighted by Gasteiger charge is -2.39. The second-order valence-electron chi connectivity index (χ2n) is 5.15. The van der Waals surface area contributed by atoms with Gasteiger partial charge in [0.05, 0.1) is 17.3 Å². The molecule has 1 saturated heterocycles. The van der Waals surface area contributed by atoms with Gasteiger partial charge in [-0.1, -0.05) is 42.5 Å². The largest absolute Gasteiger partial charge is 0.478 e. The van der Waals surface area contributed by atoms with E-state index < -0.39 is 5.97 Å². The van der Waals surface area contributed by atoms with E-state index in [1.807, 2.05) is 30.3 Å². The molecule has 0 aromatic heterocycles. The van der Waals surface area contributed by atoms with Crippen LogP contribution in [0.5, 0.6) is 0 Å². The van der Waals surface area contributed by atoms with E-state index in [1.165, 1.54) is 5.56 Å². The Kier molecular flexibility index (Phi) is 3.88. The van der Waals surface area contributed by atoms with Crippen LogP contribution in [0.1, 0.15) is 22.0 Å². The lowest BCUT2D eigenvalue weighted by molar-refractivity contribution is 0.0697. The number of para-hydroxylation sites is 1. The third kappa shape index (κ3) is 2.76. The van der Waals surface area contributed by atoms with Crippen LogP contribution in [0.4, 0.5) is 5.69 Å². The minimum atomic E-state index is -0.879. The third-order valence-corrected chi connectivity index (χ3v) is 3.87. The highest BCUT2D eigenvalue weighted by Gasteiger charge is 2.26. The number of carboxylic acids is 1. The summed E-state index contributed by atoms with van der Waals surface area (Å²) in [5.74, 6) is -0.879. The van der Waals surface area contributed by atoms with Gasteiger partial charge in [-0.3, -0.25) is 0 Å². The van der Waals surface area contributed by atoms with Crippen LogP contribution >= 0.6 is 0 Å². The van der Waals surface area contributed by atoms with Crippen molar-refractivity contribution in [3.05, 3.63) is 65.7 Å². The maximum absolute atomic E-state index is 11.5. The minimum Gasteiger partial charge on any atom is -0.478 e. The fourth-order valence-corrected chi connectivity index (χ4v) is 2.87. The molecule has 1 aliphatic rings. The van der Waals surface area contributed by atoms with Gasteiger partial charge in [-0.25, -0.2) is 4.79 Å². The number of benzene rings is 2. The van der Waals surface area contributed by atoms with E-state index in [9.17, 15) is 9.90 Å². The van der Waals surface area contributed by atoms with Crippen LogP contribution < -0.4 is 10.2 Å². The monoisotopic (exact) mass is 282 g/mol. The molecule has 21 heavy (non-hydrogen) atoms. The Balaban J connectivity index is 2.01. The molecule has 3 rings (SSSR count). The van der Waals surface area contributed by atoms with Gasteiger partial charge in [0.15, 0.2) is 0 Å². The van der Waals surface area contributed by atoms with Crippen LogP contribution in [0.2, 0.25) is 0 Å². The SMILES string of the molecule is O=C(O)c1ccccc1N1CCNCC1c1ccccc1. The van der Waals surface area contributed by atoms with Gasteiger partial charge < -0.3 is 15.3 Å². The molecule has 1 aliphatic heterocycles. The van der Waals surface area contributed by atoms with Crippen molar-refractivity contribution in [3.8, 4) is 0 Å². The average Bonchev–Trinajstić information content (AvgIpc) is 2.55. The highest BCUT2D eigenvalue weighted by atomic mass is 16.4. The van der Waals surface area contributed by atoms with E-state index in [0.29, 0.717) is 5.56 Å². The molecule has 1 unspecified atom stereocenters. The minimum absolute atomic E-state index is 0.153. The lowest BCUT2D eigenvalue weighted by Crippen LogP contribution is -2.46. The third-order valence-electron chi connectivity index (χ3n) is 3.87. The van der Waals surface area contributed by atoms with Crippen LogP contribution in [0, 0.1) is 0 Å². The summed E-state index contributed by atoms with van der Waals surface area (Å²) in [6.45, 7) is 2.47. The fraction of sp³-hybridized carbons (Fsp3) is 0.235. The Labute approximate surface area is 124 Å². The molecule has 0 aliphatic carbocycles. The zero-order valence-corrected chi connectivity index (χ0v) is 11.7. The Bertz CT molecular complexity index is 628. The highest BCUT2D eigenvalue weighted by Crippen LogP contribution is 2.30. The zero-order chi connectivity index (χ0) is 14.7. The number of piperazine rings is 1. The first-order valence-electron chi connectivity index (χ1n) is 7.12. The van der Waals surface area contributed by atoms with Gasteiger partial charge in [-0.2, -0.15) is 0 Å². The van der Waals surface area contributed by atoms with Gasteiger partial charge in [0, 0.05) is 19.6 Å². The first-order valence-corrected chi connectivity index (χ1v) is 7.12.